The molecule has 1 amide bonds. The maximum atomic E-state index is 12.3. The van der Waals surface area contributed by atoms with Gasteiger partial charge in [0.1, 0.15) is 11.5 Å². The fraction of sp³-hybridized carbons (Fsp3) is 0.286. The highest BCUT2D eigenvalue weighted by Gasteiger charge is 2.30. The summed E-state index contributed by atoms with van der Waals surface area (Å²) in [6.07, 6.45) is 4.02. The van der Waals surface area contributed by atoms with Gasteiger partial charge in [-0.05, 0) is 30.7 Å². The van der Waals surface area contributed by atoms with Gasteiger partial charge in [-0.25, -0.2) is 4.98 Å². The number of amides is 1. The highest BCUT2D eigenvalue weighted by molar-refractivity contribution is 5.95. The van der Waals surface area contributed by atoms with Gasteiger partial charge >= 0.3 is 0 Å². The molecular weight excluding hydrogens is 244 g/mol. The van der Waals surface area contributed by atoms with Gasteiger partial charge in [-0.2, -0.15) is 0 Å². The molecule has 0 aliphatic carbocycles. The number of pyridine rings is 1. The molecule has 1 fully saturated rings. The Hall–Kier alpha value is -2.30. The number of nitrogens with zero attached hydrogens (tertiary/aromatic N) is 2. The molecule has 1 saturated heterocycles. The molecule has 5 nitrogen and oxygen atoms in total. The van der Waals surface area contributed by atoms with Crippen LogP contribution in [0.2, 0.25) is 0 Å². The summed E-state index contributed by atoms with van der Waals surface area (Å²) in [6, 6.07) is 6.85. The summed E-state index contributed by atoms with van der Waals surface area (Å²) < 4.78 is 5.37. The predicted molar refractivity (Wildman–Crippen MR) is 67.9 cm³/mol. The normalized spacial score (nSPS) is 18.7. The number of rotatable bonds is 2. The zero-order valence-electron chi connectivity index (χ0n) is 10.3. The van der Waals surface area contributed by atoms with Gasteiger partial charge in [-0.1, -0.05) is 0 Å². The standard InChI is InChI=1S/C14H14N2O3/c17-11-3-1-6-15-13(11)14(18)16-7-5-10(9-16)12-4-2-8-19-12/h1-4,6,8,10,17H,5,7,9H2. The van der Waals surface area contributed by atoms with Gasteiger partial charge in [-0.3, -0.25) is 4.79 Å². The van der Waals surface area contributed by atoms with E-state index in [0.717, 1.165) is 12.2 Å². The van der Waals surface area contributed by atoms with Crippen molar-refractivity contribution in [3.05, 3.63) is 48.2 Å². The molecule has 0 radical (unpaired) electrons. The molecule has 1 N–H and O–H groups in total. The zero-order chi connectivity index (χ0) is 13.2. The summed E-state index contributed by atoms with van der Waals surface area (Å²) in [5.41, 5.74) is 0.114. The first-order valence-electron chi connectivity index (χ1n) is 6.22. The van der Waals surface area contributed by atoms with Crippen LogP contribution in [-0.2, 0) is 0 Å². The average molecular weight is 258 g/mol. The predicted octanol–water partition coefficient (Wildman–Crippen LogP) is 2.01. The minimum atomic E-state index is -0.229. The van der Waals surface area contributed by atoms with E-state index >= 15 is 0 Å². The maximum Gasteiger partial charge on any atom is 0.276 e. The first-order chi connectivity index (χ1) is 9.25. The topological polar surface area (TPSA) is 66.6 Å². The molecule has 1 aliphatic heterocycles. The van der Waals surface area contributed by atoms with E-state index in [2.05, 4.69) is 4.98 Å². The second kappa shape index (κ2) is 4.76. The molecule has 0 spiro atoms. The monoisotopic (exact) mass is 258 g/mol. The number of furan rings is 1. The van der Waals surface area contributed by atoms with Gasteiger partial charge in [0.25, 0.3) is 5.91 Å². The SMILES string of the molecule is O=C(c1ncccc1O)N1CCC(c2ccco2)C1. The Morgan fingerprint density at radius 1 is 1.42 bits per heavy atom. The number of likely N-dealkylation sites (tertiary alicyclic amines) is 1. The van der Waals surface area contributed by atoms with Crippen molar-refractivity contribution in [2.45, 2.75) is 12.3 Å². The van der Waals surface area contributed by atoms with Crippen molar-refractivity contribution >= 4 is 5.91 Å². The highest BCUT2D eigenvalue weighted by atomic mass is 16.3. The van der Waals surface area contributed by atoms with Crippen LogP contribution < -0.4 is 0 Å². The third kappa shape index (κ3) is 2.19. The molecule has 3 rings (SSSR count). The number of carbonyl (C=O) groups excluding carboxylic acids is 1. The molecule has 2 aromatic rings. The van der Waals surface area contributed by atoms with E-state index in [4.69, 9.17) is 4.42 Å². The largest absolute Gasteiger partial charge is 0.505 e. The molecule has 0 aromatic carbocycles. The van der Waals surface area contributed by atoms with Crippen molar-refractivity contribution in [2.75, 3.05) is 13.1 Å². The lowest BCUT2D eigenvalue weighted by Crippen LogP contribution is -2.29. The van der Waals surface area contributed by atoms with Gasteiger partial charge in [0.15, 0.2) is 5.69 Å². The molecule has 5 heteroatoms. The van der Waals surface area contributed by atoms with Crippen molar-refractivity contribution in [1.82, 2.24) is 9.88 Å². The van der Waals surface area contributed by atoms with E-state index in [-0.39, 0.29) is 23.3 Å². The van der Waals surface area contributed by atoms with Crippen molar-refractivity contribution in [3.8, 4) is 5.75 Å². The summed E-state index contributed by atoms with van der Waals surface area (Å²) in [6.45, 7) is 1.25. The van der Waals surface area contributed by atoms with Crippen LogP contribution in [0, 0.1) is 0 Å². The smallest absolute Gasteiger partial charge is 0.276 e. The van der Waals surface area contributed by atoms with Gasteiger partial charge in [-0.15, -0.1) is 0 Å². The summed E-state index contributed by atoms with van der Waals surface area (Å²) >= 11 is 0. The number of carbonyl (C=O) groups is 1. The van der Waals surface area contributed by atoms with Crippen molar-refractivity contribution < 1.29 is 14.3 Å². The number of hydrogen-bond donors (Lipinski definition) is 1. The number of aromatic hydroxyl groups is 1. The Morgan fingerprint density at radius 2 is 2.32 bits per heavy atom. The van der Waals surface area contributed by atoms with Crippen LogP contribution in [0.1, 0.15) is 28.6 Å². The highest BCUT2D eigenvalue weighted by Crippen LogP contribution is 2.29. The molecule has 98 valence electrons. The maximum absolute atomic E-state index is 12.3. The van der Waals surface area contributed by atoms with E-state index in [1.165, 1.54) is 12.3 Å². The second-order valence-electron chi connectivity index (χ2n) is 4.62. The van der Waals surface area contributed by atoms with Gasteiger partial charge in [0, 0.05) is 25.2 Å². The third-order valence-electron chi connectivity index (χ3n) is 3.41. The van der Waals surface area contributed by atoms with Crippen LogP contribution in [0.15, 0.2) is 41.1 Å². The lowest BCUT2D eigenvalue weighted by Gasteiger charge is -2.15. The molecule has 1 atom stereocenters. The molecule has 1 aliphatic rings. The minimum absolute atomic E-state index is 0.0750. The quantitative estimate of drug-likeness (QED) is 0.894. The van der Waals surface area contributed by atoms with Crippen molar-refractivity contribution in [1.29, 1.82) is 0 Å². The number of aromatic nitrogens is 1. The van der Waals surface area contributed by atoms with Gasteiger partial charge < -0.3 is 14.4 Å². The Bertz CT molecular complexity index is 580. The molecule has 3 heterocycles. The Balaban J connectivity index is 1.75. The van der Waals surface area contributed by atoms with E-state index in [1.807, 2.05) is 12.1 Å². The van der Waals surface area contributed by atoms with Crippen LogP contribution in [0.4, 0.5) is 0 Å². The van der Waals surface area contributed by atoms with Crippen molar-refractivity contribution in [3.63, 3.8) is 0 Å². The van der Waals surface area contributed by atoms with Crippen LogP contribution >= 0.6 is 0 Å². The summed E-state index contributed by atoms with van der Waals surface area (Å²) in [7, 11) is 0. The molecule has 19 heavy (non-hydrogen) atoms. The lowest BCUT2D eigenvalue weighted by atomic mass is 10.1. The fourth-order valence-corrected chi connectivity index (χ4v) is 2.41. The molecular formula is C14H14N2O3. The van der Waals surface area contributed by atoms with E-state index in [0.29, 0.717) is 13.1 Å². The lowest BCUT2D eigenvalue weighted by molar-refractivity contribution is 0.0781. The summed E-state index contributed by atoms with van der Waals surface area (Å²) in [5, 5.41) is 9.66. The minimum Gasteiger partial charge on any atom is -0.505 e. The molecule has 0 saturated carbocycles. The Labute approximate surface area is 110 Å². The molecule has 0 bridgehead atoms. The average Bonchev–Trinajstić information content (AvgIpc) is 3.09. The van der Waals surface area contributed by atoms with Crippen molar-refractivity contribution in [2.24, 2.45) is 0 Å². The zero-order valence-corrected chi connectivity index (χ0v) is 10.3. The Kier molecular flexibility index (Phi) is 2.95. The summed E-state index contributed by atoms with van der Waals surface area (Å²) in [5.74, 6) is 0.825. The summed E-state index contributed by atoms with van der Waals surface area (Å²) in [4.78, 5) is 17.9. The molecule has 2 aromatic heterocycles. The second-order valence-corrected chi connectivity index (χ2v) is 4.62. The van der Waals surface area contributed by atoms with Crippen LogP contribution in [-0.4, -0.2) is 34.0 Å². The van der Waals surface area contributed by atoms with Gasteiger partial charge in [0.05, 0.1) is 6.26 Å². The molecule has 1 unspecified atom stereocenters. The third-order valence-corrected chi connectivity index (χ3v) is 3.41. The van der Waals surface area contributed by atoms with E-state index < -0.39 is 0 Å². The number of hydrogen-bond acceptors (Lipinski definition) is 4. The van der Waals surface area contributed by atoms with Crippen LogP contribution in [0.5, 0.6) is 5.75 Å². The first kappa shape index (κ1) is 11.8. The van der Waals surface area contributed by atoms with E-state index in [9.17, 15) is 9.90 Å². The fourth-order valence-electron chi connectivity index (χ4n) is 2.41. The van der Waals surface area contributed by atoms with Crippen LogP contribution in [0.3, 0.4) is 0 Å². The van der Waals surface area contributed by atoms with E-state index in [1.54, 1.807) is 17.2 Å². The Morgan fingerprint density at radius 3 is 3.05 bits per heavy atom. The van der Waals surface area contributed by atoms with Gasteiger partial charge in [0.2, 0.25) is 0 Å². The van der Waals surface area contributed by atoms with Crippen LogP contribution in [0.25, 0.3) is 0 Å². The first-order valence-corrected chi connectivity index (χ1v) is 6.22.